The van der Waals surface area contributed by atoms with Gasteiger partial charge in [-0.3, -0.25) is 9.59 Å². The standard InChI is InChI=1S/C20H24O8.C18H20O7/c1-12-5-3-7-15(21)19(24)16(22)8-4-6-13-9-14(27-11-26-2)10-17(23)18(13)20(25)28-12;1-10-4-2-6-13(20)17(23)14(21)7-3-5-11-8-12(19)9-15(22)16(11)18(24)25-10/h3-4,6-7,9-10,12,16,19,22-24H,5,8,11H2,1-2H3;2-3,5-6,8-10,14,17,19,21-23H,4,7H2,1H3/b6-4+,7-3-;5-3+,6-2-/t12-,16-,19?;10-,14-,17+/m00/s1. The summed E-state index contributed by atoms with van der Waals surface area (Å²) in [5, 5.41) is 69.5. The lowest BCUT2D eigenvalue weighted by atomic mass is 10.0. The Bertz CT molecular complexity index is 1740. The fraction of sp³-hybridized carbons (Fsp3) is 0.368. The van der Waals surface area contributed by atoms with Gasteiger partial charge in [-0.1, -0.05) is 36.5 Å². The summed E-state index contributed by atoms with van der Waals surface area (Å²) < 4.78 is 20.7. The van der Waals surface area contributed by atoms with Crippen LogP contribution in [-0.2, 0) is 23.8 Å². The minimum atomic E-state index is -1.57. The van der Waals surface area contributed by atoms with Gasteiger partial charge in [-0.2, -0.15) is 0 Å². The monoisotopic (exact) mass is 740 g/mol. The van der Waals surface area contributed by atoms with Crippen molar-refractivity contribution < 1.29 is 73.9 Å². The van der Waals surface area contributed by atoms with E-state index in [9.17, 15) is 54.9 Å². The van der Waals surface area contributed by atoms with Gasteiger partial charge in [0.05, 0.1) is 12.2 Å². The summed E-state index contributed by atoms with van der Waals surface area (Å²) in [6, 6.07) is 5.07. The van der Waals surface area contributed by atoms with Crippen molar-refractivity contribution in [2.45, 2.75) is 76.2 Å². The summed E-state index contributed by atoms with van der Waals surface area (Å²) in [6.07, 6.45) is 4.33. The van der Waals surface area contributed by atoms with Crippen LogP contribution in [0.15, 0.2) is 60.7 Å². The minimum Gasteiger partial charge on any atom is -0.508 e. The van der Waals surface area contributed by atoms with Gasteiger partial charge >= 0.3 is 11.9 Å². The highest BCUT2D eigenvalue weighted by atomic mass is 16.7. The van der Waals surface area contributed by atoms with E-state index in [1.54, 1.807) is 13.8 Å². The number of aliphatic hydroxyl groups excluding tert-OH is 4. The number of ether oxygens (including phenoxy) is 4. The topological polar surface area (TPSA) is 247 Å². The SMILES string of the molecule is COCOc1cc(O)c2c(c1)/C=C/C[C@H](O)C(O)C(=O)/C=C\C[C@H](C)OC2=O.C[C@H]1C/C=C\C(=O)[C@@H](O)[C@@H](O)C/C=C/c2cc(O)cc(O)c2C(=O)O1. The average molecular weight is 741 g/mol. The average Bonchev–Trinajstić information content (AvgIpc) is 3.08. The van der Waals surface area contributed by atoms with Crippen LogP contribution in [0, 0.1) is 0 Å². The van der Waals surface area contributed by atoms with E-state index in [1.165, 1.54) is 61.8 Å². The van der Waals surface area contributed by atoms with Crippen molar-refractivity contribution in [2.24, 2.45) is 0 Å². The predicted octanol–water partition coefficient (Wildman–Crippen LogP) is 2.87. The molecule has 0 radical (unpaired) electrons. The number of methoxy groups -OCH3 is 1. The van der Waals surface area contributed by atoms with Crippen molar-refractivity contribution >= 4 is 35.7 Å². The molecular weight excluding hydrogens is 696 g/mol. The molecule has 0 amide bonds. The number of aromatic hydroxyl groups is 3. The Kier molecular flexibility index (Phi) is 15.9. The van der Waals surface area contributed by atoms with Crippen LogP contribution in [0.3, 0.4) is 0 Å². The highest BCUT2D eigenvalue weighted by Gasteiger charge is 2.25. The zero-order chi connectivity index (χ0) is 39.2. The molecule has 2 heterocycles. The van der Waals surface area contributed by atoms with Gasteiger partial charge in [0.1, 0.15) is 58.5 Å². The highest BCUT2D eigenvalue weighted by molar-refractivity contribution is 5.98. The lowest BCUT2D eigenvalue weighted by molar-refractivity contribution is -0.128. The number of rotatable bonds is 3. The van der Waals surface area contributed by atoms with Gasteiger partial charge in [0.25, 0.3) is 0 Å². The van der Waals surface area contributed by atoms with E-state index in [2.05, 4.69) is 0 Å². The Morgan fingerprint density at radius 1 is 0.623 bits per heavy atom. The van der Waals surface area contributed by atoms with Gasteiger partial charge in [-0.15, -0.1) is 0 Å². The number of fused-ring (bicyclic) bond motifs is 2. The van der Waals surface area contributed by atoms with Crippen LogP contribution < -0.4 is 4.74 Å². The van der Waals surface area contributed by atoms with Gasteiger partial charge in [0, 0.05) is 32.1 Å². The Labute approximate surface area is 305 Å². The molecule has 1 unspecified atom stereocenters. The summed E-state index contributed by atoms with van der Waals surface area (Å²) >= 11 is 0. The van der Waals surface area contributed by atoms with E-state index in [0.29, 0.717) is 5.56 Å². The van der Waals surface area contributed by atoms with Crippen molar-refractivity contribution in [1.29, 1.82) is 0 Å². The number of hydrogen-bond acceptors (Lipinski definition) is 15. The summed E-state index contributed by atoms with van der Waals surface area (Å²) in [4.78, 5) is 48.5. The first-order chi connectivity index (χ1) is 25.1. The van der Waals surface area contributed by atoms with Gasteiger partial charge in [0.2, 0.25) is 0 Å². The molecule has 0 aromatic heterocycles. The molecule has 0 saturated carbocycles. The number of phenolic OH excluding ortho intramolecular Hbond substituents is 3. The molecule has 0 saturated heterocycles. The predicted molar refractivity (Wildman–Crippen MR) is 189 cm³/mol. The van der Waals surface area contributed by atoms with Crippen LogP contribution in [0.4, 0.5) is 0 Å². The molecule has 2 aromatic carbocycles. The fourth-order valence-corrected chi connectivity index (χ4v) is 5.01. The summed E-state index contributed by atoms with van der Waals surface area (Å²) in [6.45, 7) is 3.19. The Balaban J connectivity index is 0.000000287. The summed E-state index contributed by atoms with van der Waals surface area (Å²) in [7, 11) is 1.44. The molecule has 0 aliphatic carbocycles. The zero-order valence-corrected chi connectivity index (χ0v) is 29.3. The molecule has 4 rings (SSSR count). The fourth-order valence-electron chi connectivity index (χ4n) is 5.01. The van der Waals surface area contributed by atoms with Crippen LogP contribution in [0.25, 0.3) is 12.2 Å². The van der Waals surface area contributed by atoms with Crippen molar-refractivity contribution in [3.63, 3.8) is 0 Å². The van der Waals surface area contributed by atoms with Crippen molar-refractivity contribution in [2.75, 3.05) is 13.9 Å². The summed E-state index contributed by atoms with van der Waals surface area (Å²) in [5.74, 6) is -3.54. The maximum atomic E-state index is 12.6. The molecule has 15 heteroatoms. The number of carbonyl (C=O) groups is 4. The van der Waals surface area contributed by atoms with Gasteiger partial charge in [-0.05, 0) is 62.1 Å². The largest absolute Gasteiger partial charge is 0.508 e. The third kappa shape index (κ3) is 12.4. The second-order valence-electron chi connectivity index (χ2n) is 12.2. The van der Waals surface area contributed by atoms with E-state index in [0.717, 1.165) is 18.2 Å². The summed E-state index contributed by atoms with van der Waals surface area (Å²) in [5.41, 5.74) is 0.312. The number of esters is 2. The van der Waals surface area contributed by atoms with Crippen LogP contribution in [0.1, 0.15) is 71.4 Å². The second-order valence-corrected chi connectivity index (χ2v) is 12.2. The minimum absolute atomic E-state index is 0.0461. The Hall–Kier alpha value is -5.32. The zero-order valence-electron chi connectivity index (χ0n) is 29.3. The number of ketones is 2. The number of phenols is 3. The van der Waals surface area contributed by atoms with E-state index < -0.39 is 65.9 Å². The third-order valence-electron chi connectivity index (χ3n) is 7.78. The van der Waals surface area contributed by atoms with Crippen molar-refractivity contribution in [3.8, 4) is 23.0 Å². The quantitative estimate of drug-likeness (QED) is 0.177. The molecule has 0 fully saturated rings. The molecule has 2 aromatic rings. The second kappa shape index (κ2) is 20.1. The van der Waals surface area contributed by atoms with Crippen LogP contribution >= 0.6 is 0 Å². The molecule has 0 bridgehead atoms. The number of hydrogen-bond donors (Lipinski definition) is 7. The van der Waals surface area contributed by atoms with Crippen molar-refractivity contribution in [1.82, 2.24) is 0 Å². The van der Waals surface area contributed by atoms with E-state index in [4.69, 9.17) is 18.9 Å². The molecule has 2 aliphatic rings. The normalized spacial score (nSPS) is 26.8. The first-order valence-corrected chi connectivity index (χ1v) is 16.6. The number of aliphatic hydroxyl groups is 4. The van der Waals surface area contributed by atoms with E-state index in [-0.39, 0.29) is 66.4 Å². The van der Waals surface area contributed by atoms with Crippen LogP contribution in [-0.4, -0.2) is 110 Å². The van der Waals surface area contributed by atoms with Gasteiger partial charge < -0.3 is 54.7 Å². The maximum absolute atomic E-state index is 12.6. The molecule has 0 spiro atoms. The molecule has 2 aliphatic heterocycles. The van der Waals surface area contributed by atoms with Crippen LogP contribution in [0.2, 0.25) is 0 Å². The number of cyclic esters (lactones) is 2. The first kappa shape index (κ1) is 42.1. The number of benzene rings is 2. The van der Waals surface area contributed by atoms with E-state index >= 15 is 0 Å². The number of carbonyl (C=O) groups excluding carboxylic acids is 4. The van der Waals surface area contributed by atoms with Crippen molar-refractivity contribution in [3.05, 3.63) is 83.0 Å². The molecule has 6 atom stereocenters. The third-order valence-corrected chi connectivity index (χ3v) is 7.78. The van der Waals surface area contributed by atoms with Gasteiger partial charge in [0.15, 0.2) is 18.4 Å². The smallest absolute Gasteiger partial charge is 0.342 e. The highest BCUT2D eigenvalue weighted by Crippen LogP contribution is 2.32. The molecule has 286 valence electrons. The maximum Gasteiger partial charge on any atom is 0.342 e. The van der Waals surface area contributed by atoms with E-state index in [1.807, 2.05) is 0 Å². The molecule has 15 nitrogen and oxygen atoms in total. The molecular formula is C38H44O15. The first-order valence-electron chi connectivity index (χ1n) is 16.6. The Morgan fingerprint density at radius 3 is 1.53 bits per heavy atom. The lowest BCUT2D eigenvalue weighted by Gasteiger charge is -2.17. The molecule has 53 heavy (non-hydrogen) atoms. The Morgan fingerprint density at radius 2 is 1.06 bits per heavy atom. The molecule has 7 N–H and O–H groups in total. The van der Waals surface area contributed by atoms with Gasteiger partial charge in [-0.25, -0.2) is 9.59 Å². The van der Waals surface area contributed by atoms with Crippen LogP contribution in [0.5, 0.6) is 23.0 Å². The lowest BCUT2D eigenvalue weighted by Crippen LogP contribution is -2.32.